The van der Waals surface area contributed by atoms with Gasteiger partial charge in [0.05, 0.1) is 13.6 Å². The van der Waals surface area contributed by atoms with E-state index in [9.17, 15) is 10.2 Å². The van der Waals surface area contributed by atoms with Gasteiger partial charge in [0.2, 0.25) is 0 Å². The largest absolute Gasteiger partial charge is 0.393 e. The molecule has 0 aromatic carbocycles. The first-order valence-electron chi connectivity index (χ1n) is 11.2. The van der Waals surface area contributed by atoms with Crippen LogP contribution in [-0.2, 0) is 0 Å². The monoisotopic (exact) mass is 297 g/mol. The van der Waals surface area contributed by atoms with E-state index in [2.05, 4.69) is 6.92 Å². The van der Waals surface area contributed by atoms with E-state index in [-0.39, 0.29) is 23.9 Å². The van der Waals surface area contributed by atoms with Crippen molar-refractivity contribution in [2.75, 3.05) is 0 Å². The van der Waals surface area contributed by atoms with Gasteiger partial charge in [-0.15, -0.1) is 0 Å². The second-order valence-corrected chi connectivity index (χ2v) is 8.50. The first kappa shape index (κ1) is 9.93. The van der Waals surface area contributed by atoms with Gasteiger partial charge in [0.15, 0.2) is 0 Å². The van der Waals surface area contributed by atoms with Crippen LogP contribution in [0.1, 0.15) is 78.4 Å². The summed E-state index contributed by atoms with van der Waals surface area (Å²) in [5.74, 6) is 0.502. The third-order valence-corrected chi connectivity index (χ3v) is 7.77. The molecule has 4 fully saturated rings. The second-order valence-electron chi connectivity index (χ2n) is 8.50. The summed E-state index contributed by atoms with van der Waals surface area (Å²) in [6.07, 6.45) is -2.43. The van der Waals surface area contributed by atoms with E-state index < -0.39 is 30.2 Å². The molecule has 8 atom stereocenters. The molecule has 0 spiro atoms. The molecule has 0 bridgehead atoms. The van der Waals surface area contributed by atoms with E-state index in [1.54, 1.807) is 0 Å². The molecule has 0 radical (unpaired) electrons. The Morgan fingerprint density at radius 1 is 0.952 bits per heavy atom. The smallest absolute Gasteiger partial charge is 0.0600 e. The highest BCUT2D eigenvalue weighted by Crippen LogP contribution is 2.66. The van der Waals surface area contributed by atoms with Gasteiger partial charge in [-0.1, -0.05) is 13.8 Å². The minimum Gasteiger partial charge on any atom is -0.393 e. The van der Waals surface area contributed by atoms with Gasteiger partial charge in [0.1, 0.15) is 0 Å². The first-order valence-corrected chi connectivity index (χ1v) is 8.69. The molecule has 4 rings (SSSR count). The Hall–Kier alpha value is -0.0800. The summed E-state index contributed by atoms with van der Waals surface area (Å²) in [6.45, 7) is 4.20. The molecule has 21 heavy (non-hydrogen) atoms. The van der Waals surface area contributed by atoms with Gasteiger partial charge in [0.25, 0.3) is 0 Å². The van der Waals surface area contributed by atoms with Gasteiger partial charge in [-0.05, 0) is 92.2 Å². The fourth-order valence-electron chi connectivity index (χ4n) is 6.41. The van der Waals surface area contributed by atoms with Crippen molar-refractivity contribution < 1.29 is 17.1 Å². The molecule has 0 amide bonds. The normalized spacial score (nSPS) is 71.8. The summed E-state index contributed by atoms with van der Waals surface area (Å²) in [7, 11) is 0. The van der Waals surface area contributed by atoms with Crippen LogP contribution in [0.25, 0.3) is 0 Å². The lowest BCUT2D eigenvalue weighted by molar-refractivity contribution is -0.133. The highest BCUT2D eigenvalue weighted by molar-refractivity contribution is 5.09. The van der Waals surface area contributed by atoms with Crippen LogP contribution in [0.3, 0.4) is 0 Å². The Morgan fingerprint density at radius 3 is 2.52 bits per heavy atom. The van der Waals surface area contributed by atoms with Gasteiger partial charge in [-0.3, -0.25) is 0 Å². The molecule has 0 aromatic rings. The van der Waals surface area contributed by atoms with E-state index in [1.165, 1.54) is 0 Å². The van der Waals surface area contributed by atoms with Crippen molar-refractivity contribution in [1.29, 1.82) is 0 Å². The quantitative estimate of drug-likeness (QED) is 0.715. The minimum atomic E-state index is -2.72. The molecule has 4 saturated carbocycles. The standard InChI is InChI=1S/C19H32O2/c1-18-9-7-13(20)11-12(18)3-4-14-15-5-6-17(21)19(15,2)10-8-16(14)18/h12-17,20-21H,3-11H2,1-2H3/t12-,13-,14+,15+,16+,17+,18+,19+/m1/s1/i7D2,11D2,13D. The van der Waals surface area contributed by atoms with Crippen molar-refractivity contribution in [3.63, 3.8) is 0 Å². The maximum atomic E-state index is 10.5. The number of aliphatic hydroxyl groups excluding tert-OH is 1. The summed E-state index contributed by atoms with van der Waals surface area (Å²) in [4.78, 5) is 0. The average molecular weight is 297 g/mol. The topological polar surface area (TPSA) is 40.5 Å². The van der Waals surface area contributed by atoms with E-state index >= 15 is 0 Å². The third-order valence-electron chi connectivity index (χ3n) is 7.77. The lowest BCUT2D eigenvalue weighted by Gasteiger charge is -2.60. The summed E-state index contributed by atoms with van der Waals surface area (Å²) < 4.78 is 41.7. The molecule has 0 heterocycles. The molecule has 4 aliphatic rings. The zero-order chi connectivity index (χ0) is 19.3. The summed E-state index contributed by atoms with van der Waals surface area (Å²) in [5, 5.41) is 21.0. The molecule has 0 saturated heterocycles. The van der Waals surface area contributed by atoms with Gasteiger partial charge >= 0.3 is 0 Å². The summed E-state index contributed by atoms with van der Waals surface area (Å²) in [6, 6.07) is 0. The molecule has 4 aliphatic carbocycles. The van der Waals surface area contributed by atoms with Crippen molar-refractivity contribution in [3.05, 3.63) is 0 Å². The Bertz CT molecular complexity index is 609. The van der Waals surface area contributed by atoms with Crippen molar-refractivity contribution in [2.45, 2.75) is 83.7 Å². The number of hydrogen-bond donors (Lipinski definition) is 2. The van der Waals surface area contributed by atoms with Crippen LogP contribution >= 0.6 is 0 Å². The zero-order valence-electron chi connectivity index (χ0n) is 18.2. The molecule has 2 nitrogen and oxygen atoms in total. The fraction of sp³-hybridized carbons (Fsp3) is 1.00. The van der Waals surface area contributed by atoms with Gasteiger partial charge < -0.3 is 10.2 Å². The van der Waals surface area contributed by atoms with Crippen molar-refractivity contribution in [2.24, 2.45) is 34.5 Å². The Labute approximate surface area is 136 Å². The molecule has 0 aromatic heterocycles. The zero-order valence-corrected chi connectivity index (χ0v) is 13.2. The van der Waals surface area contributed by atoms with Crippen LogP contribution in [0.15, 0.2) is 0 Å². The van der Waals surface area contributed by atoms with Gasteiger partial charge in [-0.25, -0.2) is 0 Å². The van der Waals surface area contributed by atoms with Crippen LogP contribution in [0.4, 0.5) is 0 Å². The fourth-order valence-corrected chi connectivity index (χ4v) is 6.41. The van der Waals surface area contributed by atoms with Gasteiger partial charge in [-0.2, -0.15) is 0 Å². The minimum absolute atomic E-state index is 0.0390. The van der Waals surface area contributed by atoms with E-state index in [0.29, 0.717) is 18.3 Å². The predicted octanol–water partition coefficient (Wildman–Crippen LogP) is 3.75. The summed E-state index contributed by atoms with van der Waals surface area (Å²) >= 11 is 0. The summed E-state index contributed by atoms with van der Waals surface area (Å²) in [5.41, 5.74) is -0.620. The number of rotatable bonds is 0. The highest BCUT2D eigenvalue weighted by Gasteiger charge is 2.59. The molecular formula is C19H32O2. The van der Waals surface area contributed by atoms with E-state index in [0.717, 1.165) is 32.1 Å². The lowest BCUT2D eigenvalue weighted by atomic mass is 9.45. The number of aliphatic hydroxyl groups is 2. The molecule has 2 N–H and O–H groups in total. The number of hydrogen-bond acceptors (Lipinski definition) is 2. The van der Waals surface area contributed by atoms with Crippen molar-refractivity contribution >= 4 is 0 Å². The van der Waals surface area contributed by atoms with Crippen molar-refractivity contribution in [3.8, 4) is 0 Å². The van der Waals surface area contributed by atoms with E-state index in [1.807, 2.05) is 6.92 Å². The maximum absolute atomic E-state index is 10.5. The van der Waals surface area contributed by atoms with Crippen LogP contribution in [0.2, 0.25) is 0 Å². The van der Waals surface area contributed by atoms with Crippen LogP contribution < -0.4 is 0 Å². The SMILES string of the molecule is [2H]C1([2H])C[C@@]2(C)[C@H](CC[C@@H]3[C@@H]2CC[C@]2(C)[C@@H](O)CC[C@@H]32)C([2H])([2H])[C@]1([2H])O. The highest BCUT2D eigenvalue weighted by atomic mass is 16.3. The second kappa shape index (κ2) is 4.71. The molecule has 0 aliphatic heterocycles. The Kier molecular flexibility index (Phi) is 2.22. The van der Waals surface area contributed by atoms with Crippen LogP contribution in [0, 0.1) is 34.5 Å². The van der Waals surface area contributed by atoms with Crippen LogP contribution in [0.5, 0.6) is 0 Å². The van der Waals surface area contributed by atoms with Crippen molar-refractivity contribution in [1.82, 2.24) is 0 Å². The third kappa shape index (κ3) is 1.91. The first-order chi connectivity index (χ1) is 11.8. The molecule has 120 valence electrons. The number of fused-ring (bicyclic) bond motifs is 5. The average Bonchev–Trinajstić information content (AvgIpc) is 2.81. The van der Waals surface area contributed by atoms with Crippen LogP contribution in [-0.4, -0.2) is 22.4 Å². The Morgan fingerprint density at radius 2 is 1.71 bits per heavy atom. The Balaban J connectivity index is 1.74. The predicted molar refractivity (Wildman–Crippen MR) is 83.7 cm³/mol. The van der Waals surface area contributed by atoms with E-state index in [4.69, 9.17) is 6.85 Å². The lowest BCUT2D eigenvalue weighted by Crippen LogP contribution is -2.54. The maximum Gasteiger partial charge on any atom is 0.0600 e. The van der Waals surface area contributed by atoms with Gasteiger partial charge in [0, 0.05) is 5.48 Å². The molecular weight excluding hydrogens is 260 g/mol. The molecule has 2 heteroatoms. The molecule has 0 unspecified atom stereocenters.